The van der Waals surface area contributed by atoms with Crippen LogP contribution in [0.15, 0.2) is 0 Å². The molecule has 0 aliphatic carbocycles. The Morgan fingerprint density at radius 2 is 1.91 bits per heavy atom. The fourth-order valence-electron chi connectivity index (χ4n) is 0.612. The van der Waals surface area contributed by atoms with E-state index in [1.54, 1.807) is 6.92 Å². The second-order valence-corrected chi connectivity index (χ2v) is 2.10. The molecule has 0 aliphatic heterocycles. The smallest absolute Gasteiger partial charge is 0.136 e. The molecule has 0 rings (SSSR count). The standard InChI is InChI=1S/C7H9N3O/c1-7(6-11)10(4-2-8)5-3-9/h6-7H,4-5H2,1H3. The molecular weight excluding hydrogens is 142 g/mol. The lowest BCUT2D eigenvalue weighted by Gasteiger charge is -2.17. The first kappa shape index (κ1) is 9.61. The largest absolute Gasteiger partial charge is 0.302 e. The highest BCUT2D eigenvalue weighted by Gasteiger charge is 2.10. The number of carbonyl (C=O) groups is 1. The minimum absolute atomic E-state index is 0.119. The summed E-state index contributed by atoms with van der Waals surface area (Å²) in [6.07, 6.45) is 0.717. The number of nitrogens with zero attached hydrogens (tertiary/aromatic N) is 3. The van der Waals surface area contributed by atoms with Gasteiger partial charge in [-0.1, -0.05) is 0 Å². The Bertz CT molecular complexity index is 185. The average molecular weight is 151 g/mol. The molecule has 0 aromatic carbocycles. The number of rotatable bonds is 4. The van der Waals surface area contributed by atoms with Gasteiger partial charge in [-0.15, -0.1) is 0 Å². The van der Waals surface area contributed by atoms with Gasteiger partial charge in [0.2, 0.25) is 0 Å². The van der Waals surface area contributed by atoms with Crippen molar-refractivity contribution in [1.29, 1.82) is 10.5 Å². The van der Waals surface area contributed by atoms with Crippen LogP contribution in [0.5, 0.6) is 0 Å². The molecule has 0 saturated carbocycles. The Balaban J connectivity index is 4.01. The van der Waals surface area contributed by atoms with Crippen molar-refractivity contribution in [3.8, 4) is 12.1 Å². The Morgan fingerprint density at radius 3 is 2.18 bits per heavy atom. The molecule has 4 nitrogen and oxygen atoms in total. The number of hydrogen-bond donors (Lipinski definition) is 0. The molecule has 0 aliphatic rings. The van der Waals surface area contributed by atoms with Gasteiger partial charge in [0.05, 0.1) is 31.3 Å². The van der Waals surface area contributed by atoms with Crippen LogP contribution in [-0.4, -0.2) is 30.3 Å². The van der Waals surface area contributed by atoms with E-state index in [-0.39, 0.29) is 19.1 Å². The van der Waals surface area contributed by atoms with Crippen LogP contribution in [-0.2, 0) is 4.79 Å². The van der Waals surface area contributed by atoms with Crippen molar-refractivity contribution >= 4 is 6.29 Å². The highest BCUT2D eigenvalue weighted by Crippen LogP contribution is 1.93. The third-order valence-electron chi connectivity index (χ3n) is 1.32. The van der Waals surface area contributed by atoms with E-state index in [2.05, 4.69) is 0 Å². The SMILES string of the molecule is CC(C=O)N(CC#N)CC#N. The van der Waals surface area contributed by atoms with Crippen LogP contribution in [0.4, 0.5) is 0 Å². The van der Waals surface area contributed by atoms with Gasteiger partial charge >= 0.3 is 0 Å². The fraction of sp³-hybridized carbons (Fsp3) is 0.571. The van der Waals surface area contributed by atoms with Crippen molar-refractivity contribution in [2.75, 3.05) is 13.1 Å². The first-order valence-electron chi connectivity index (χ1n) is 3.19. The van der Waals surface area contributed by atoms with E-state index in [0.29, 0.717) is 6.29 Å². The Morgan fingerprint density at radius 1 is 1.45 bits per heavy atom. The van der Waals surface area contributed by atoms with Crippen molar-refractivity contribution in [2.24, 2.45) is 0 Å². The Kier molecular flexibility index (Phi) is 4.72. The van der Waals surface area contributed by atoms with Gasteiger partial charge in [0.15, 0.2) is 0 Å². The lowest BCUT2D eigenvalue weighted by atomic mass is 10.3. The van der Waals surface area contributed by atoms with Crippen LogP contribution >= 0.6 is 0 Å². The van der Waals surface area contributed by atoms with Crippen molar-refractivity contribution < 1.29 is 4.79 Å². The van der Waals surface area contributed by atoms with E-state index in [0.717, 1.165) is 0 Å². The summed E-state index contributed by atoms with van der Waals surface area (Å²) in [5.74, 6) is 0. The summed E-state index contributed by atoms with van der Waals surface area (Å²) in [5, 5.41) is 16.6. The van der Waals surface area contributed by atoms with Gasteiger partial charge in [-0.2, -0.15) is 10.5 Å². The molecule has 1 atom stereocenters. The summed E-state index contributed by atoms with van der Waals surface area (Å²) in [6.45, 7) is 1.89. The third kappa shape index (κ3) is 3.34. The molecule has 58 valence electrons. The monoisotopic (exact) mass is 151 g/mol. The number of carbonyl (C=O) groups excluding carboxylic acids is 1. The molecule has 0 aromatic rings. The van der Waals surface area contributed by atoms with Gasteiger partial charge in [-0.05, 0) is 6.92 Å². The number of hydrogen-bond acceptors (Lipinski definition) is 4. The molecular formula is C7H9N3O. The van der Waals surface area contributed by atoms with Crippen LogP contribution in [0.2, 0.25) is 0 Å². The molecule has 0 spiro atoms. The van der Waals surface area contributed by atoms with Crippen molar-refractivity contribution in [2.45, 2.75) is 13.0 Å². The molecule has 0 amide bonds. The first-order valence-corrected chi connectivity index (χ1v) is 3.19. The molecule has 4 heteroatoms. The van der Waals surface area contributed by atoms with Gasteiger partial charge in [-0.3, -0.25) is 4.90 Å². The predicted octanol–water partition coefficient (Wildman–Crippen LogP) is -0.0770. The predicted molar refractivity (Wildman–Crippen MR) is 38.3 cm³/mol. The molecule has 0 fully saturated rings. The topological polar surface area (TPSA) is 67.9 Å². The quantitative estimate of drug-likeness (QED) is 0.416. The summed E-state index contributed by atoms with van der Waals surface area (Å²) in [5.41, 5.74) is 0. The zero-order valence-electron chi connectivity index (χ0n) is 6.32. The zero-order chi connectivity index (χ0) is 8.69. The molecule has 0 bridgehead atoms. The average Bonchev–Trinajstić information content (AvgIpc) is 2.03. The summed E-state index contributed by atoms with van der Waals surface area (Å²) in [6, 6.07) is 3.41. The summed E-state index contributed by atoms with van der Waals surface area (Å²) >= 11 is 0. The van der Waals surface area contributed by atoms with Crippen LogP contribution < -0.4 is 0 Å². The molecule has 0 heterocycles. The highest BCUT2D eigenvalue weighted by molar-refractivity contribution is 5.56. The number of nitriles is 2. The molecule has 1 unspecified atom stereocenters. The van der Waals surface area contributed by atoms with Crippen LogP contribution in [0.3, 0.4) is 0 Å². The van der Waals surface area contributed by atoms with E-state index in [9.17, 15) is 4.79 Å². The van der Waals surface area contributed by atoms with E-state index in [1.807, 2.05) is 12.1 Å². The van der Waals surface area contributed by atoms with Gasteiger partial charge in [-0.25, -0.2) is 0 Å². The lowest BCUT2D eigenvalue weighted by Crippen LogP contribution is -2.34. The van der Waals surface area contributed by atoms with Gasteiger partial charge < -0.3 is 4.79 Å². The van der Waals surface area contributed by atoms with Gasteiger partial charge in [0.25, 0.3) is 0 Å². The van der Waals surface area contributed by atoms with E-state index >= 15 is 0 Å². The van der Waals surface area contributed by atoms with Crippen LogP contribution in [0.1, 0.15) is 6.92 Å². The van der Waals surface area contributed by atoms with Crippen molar-refractivity contribution in [1.82, 2.24) is 4.90 Å². The van der Waals surface area contributed by atoms with Gasteiger partial charge in [0.1, 0.15) is 6.29 Å². The summed E-state index contributed by atoms with van der Waals surface area (Å²) in [4.78, 5) is 11.7. The highest BCUT2D eigenvalue weighted by atomic mass is 16.1. The second kappa shape index (κ2) is 5.40. The Hall–Kier alpha value is -1.39. The second-order valence-electron chi connectivity index (χ2n) is 2.10. The minimum Gasteiger partial charge on any atom is -0.302 e. The van der Waals surface area contributed by atoms with E-state index in [1.165, 1.54) is 4.90 Å². The summed E-state index contributed by atoms with van der Waals surface area (Å²) in [7, 11) is 0. The maximum Gasteiger partial charge on any atom is 0.136 e. The molecule has 0 saturated heterocycles. The minimum atomic E-state index is -0.353. The zero-order valence-corrected chi connectivity index (χ0v) is 6.32. The maximum absolute atomic E-state index is 10.2. The van der Waals surface area contributed by atoms with Gasteiger partial charge in [0, 0.05) is 0 Å². The lowest BCUT2D eigenvalue weighted by molar-refractivity contribution is -0.111. The first-order chi connectivity index (χ1) is 5.26. The van der Waals surface area contributed by atoms with E-state index in [4.69, 9.17) is 10.5 Å². The van der Waals surface area contributed by atoms with Crippen molar-refractivity contribution in [3.63, 3.8) is 0 Å². The number of aldehydes is 1. The molecule has 11 heavy (non-hydrogen) atoms. The van der Waals surface area contributed by atoms with E-state index < -0.39 is 0 Å². The van der Waals surface area contributed by atoms with Crippen molar-refractivity contribution in [3.05, 3.63) is 0 Å². The molecule has 0 radical (unpaired) electrons. The van der Waals surface area contributed by atoms with Crippen LogP contribution in [0.25, 0.3) is 0 Å². The summed E-state index contributed by atoms with van der Waals surface area (Å²) < 4.78 is 0. The third-order valence-corrected chi connectivity index (χ3v) is 1.32. The van der Waals surface area contributed by atoms with Crippen LogP contribution in [0, 0.1) is 22.7 Å². The normalized spacial score (nSPS) is 11.6. The maximum atomic E-state index is 10.2. The molecule has 0 N–H and O–H groups in total. The molecule has 0 aromatic heterocycles. The fourth-order valence-corrected chi connectivity index (χ4v) is 0.612. The Labute approximate surface area is 65.6 Å².